The van der Waals surface area contributed by atoms with E-state index in [2.05, 4.69) is 15.0 Å². The van der Waals surface area contributed by atoms with E-state index >= 15 is 0 Å². The van der Waals surface area contributed by atoms with Gasteiger partial charge in [0.2, 0.25) is 0 Å². The Kier molecular flexibility index (Phi) is 4.16. The molecule has 0 unspecified atom stereocenters. The molecule has 0 aliphatic carbocycles. The molecule has 4 heterocycles. The van der Waals surface area contributed by atoms with E-state index in [0.29, 0.717) is 24.5 Å². The molecule has 5 rings (SSSR count). The van der Waals surface area contributed by atoms with Crippen LogP contribution in [-0.2, 0) is 27.1 Å². The summed E-state index contributed by atoms with van der Waals surface area (Å²) in [5.74, 6) is 2.43. The average Bonchev–Trinajstić information content (AvgIpc) is 3.09. The zero-order valence-electron chi connectivity index (χ0n) is 16.2. The highest BCUT2D eigenvalue weighted by molar-refractivity contribution is 6.33. The van der Waals surface area contributed by atoms with Crippen LogP contribution in [0.4, 0.5) is 5.82 Å². The van der Waals surface area contributed by atoms with Crippen LogP contribution < -0.4 is 10.6 Å². The number of aryl methyl sites for hydroxylation is 2. The minimum atomic E-state index is -0.0775. The van der Waals surface area contributed by atoms with Crippen molar-refractivity contribution < 1.29 is 0 Å². The van der Waals surface area contributed by atoms with Gasteiger partial charge in [0.1, 0.15) is 17.5 Å². The highest BCUT2D eigenvalue weighted by atomic mass is 35.5. The molecule has 9 heteroatoms. The average molecular weight is 410 g/mol. The van der Waals surface area contributed by atoms with Crippen molar-refractivity contribution in [2.24, 2.45) is 14.1 Å². The van der Waals surface area contributed by atoms with E-state index in [1.165, 1.54) is 4.68 Å². The molecule has 0 saturated carbocycles. The van der Waals surface area contributed by atoms with Crippen LogP contribution in [0.25, 0.3) is 22.4 Å². The fourth-order valence-electron chi connectivity index (χ4n) is 3.92. The number of imidazole rings is 1. The number of para-hydroxylation sites is 2. The lowest BCUT2D eigenvalue weighted by Gasteiger charge is -2.22. The first-order chi connectivity index (χ1) is 14.0. The van der Waals surface area contributed by atoms with Crippen LogP contribution in [0.3, 0.4) is 0 Å². The molecule has 29 heavy (non-hydrogen) atoms. The normalized spacial score (nSPS) is 14.2. The van der Waals surface area contributed by atoms with Crippen LogP contribution in [0.2, 0.25) is 5.02 Å². The van der Waals surface area contributed by atoms with Crippen molar-refractivity contribution in [1.82, 2.24) is 28.9 Å². The van der Waals surface area contributed by atoms with Gasteiger partial charge in [-0.1, -0.05) is 23.7 Å². The lowest BCUT2D eigenvalue weighted by Crippen LogP contribution is -2.30. The zero-order valence-corrected chi connectivity index (χ0v) is 17.0. The van der Waals surface area contributed by atoms with Crippen molar-refractivity contribution in [1.29, 1.82) is 0 Å². The Balaban J connectivity index is 1.51. The zero-order chi connectivity index (χ0) is 20.1. The second-order valence-corrected chi connectivity index (χ2v) is 7.62. The molecule has 0 atom stereocenters. The van der Waals surface area contributed by atoms with E-state index in [1.54, 1.807) is 17.8 Å². The Morgan fingerprint density at radius 1 is 1.10 bits per heavy atom. The Morgan fingerprint density at radius 2 is 1.93 bits per heavy atom. The number of hydrogen-bond donors (Lipinski definition) is 0. The monoisotopic (exact) mass is 409 g/mol. The van der Waals surface area contributed by atoms with E-state index < -0.39 is 0 Å². The summed E-state index contributed by atoms with van der Waals surface area (Å²) in [4.78, 5) is 23.7. The number of aromatic nitrogens is 6. The molecule has 3 aromatic heterocycles. The van der Waals surface area contributed by atoms with Gasteiger partial charge in [-0.05, 0) is 18.2 Å². The predicted octanol–water partition coefficient (Wildman–Crippen LogP) is 2.25. The van der Waals surface area contributed by atoms with Gasteiger partial charge in [0.05, 0.1) is 16.1 Å². The molecule has 1 aliphatic heterocycles. The molecule has 0 fully saturated rings. The summed E-state index contributed by atoms with van der Waals surface area (Å²) < 4.78 is 5.18. The SMILES string of the molecule is Cn1nc2n(c1=O)CCN(c1cc(-c3nc4ccccc4n3C)c(Cl)cn1)CC2. The number of rotatable bonds is 2. The summed E-state index contributed by atoms with van der Waals surface area (Å²) in [6.45, 7) is 1.98. The van der Waals surface area contributed by atoms with Gasteiger partial charge in [-0.25, -0.2) is 19.4 Å². The predicted molar refractivity (Wildman–Crippen MR) is 112 cm³/mol. The largest absolute Gasteiger partial charge is 0.354 e. The maximum Gasteiger partial charge on any atom is 0.345 e. The van der Waals surface area contributed by atoms with Crippen LogP contribution in [-0.4, -0.2) is 42.0 Å². The Bertz CT molecular complexity index is 1290. The van der Waals surface area contributed by atoms with Gasteiger partial charge in [-0.15, -0.1) is 0 Å². The van der Waals surface area contributed by atoms with Crippen LogP contribution >= 0.6 is 11.6 Å². The first-order valence-electron chi connectivity index (χ1n) is 9.48. The Labute approximate surface area is 172 Å². The van der Waals surface area contributed by atoms with Gasteiger partial charge in [0.25, 0.3) is 0 Å². The smallest absolute Gasteiger partial charge is 0.345 e. The maximum atomic E-state index is 12.2. The van der Waals surface area contributed by atoms with Gasteiger partial charge in [0, 0.05) is 51.9 Å². The molecule has 0 N–H and O–H groups in total. The van der Waals surface area contributed by atoms with Crippen LogP contribution in [0.15, 0.2) is 41.3 Å². The summed E-state index contributed by atoms with van der Waals surface area (Å²) in [7, 11) is 3.67. The van der Waals surface area contributed by atoms with E-state index in [1.807, 2.05) is 41.9 Å². The highest BCUT2D eigenvalue weighted by Crippen LogP contribution is 2.32. The highest BCUT2D eigenvalue weighted by Gasteiger charge is 2.21. The number of halogens is 1. The van der Waals surface area contributed by atoms with Gasteiger partial charge in [-0.3, -0.25) is 4.57 Å². The van der Waals surface area contributed by atoms with E-state index in [4.69, 9.17) is 16.6 Å². The minimum Gasteiger partial charge on any atom is -0.354 e. The molecule has 1 aliphatic rings. The summed E-state index contributed by atoms with van der Waals surface area (Å²) in [5.41, 5.74) is 2.74. The third-order valence-electron chi connectivity index (χ3n) is 5.48. The lowest BCUT2D eigenvalue weighted by atomic mass is 10.2. The van der Waals surface area contributed by atoms with Crippen LogP contribution in [0.5, 0.6) is 0 Å². The summed E-state index contributed by atoms with van der Waals surface area (Å²) in [6, 6.07) is 9.99. The first-order valence-corrected chi connectivity index (χ1v) is 9.86. The third-order valence-corrected chi connectivity index (χ3v) is 5.78. The molecule has 4 aromatic rings. The Hall–Kier alpha value is -3.13. The number of anilines is 1. The van der Waals surface area contributed by atoms with Crippen molar-refractivity contribution in [3.63, 3.8) is 0 Å². The number of nitrogens with zero attached hydrogens (tertiary/aromatic N) is 7. The van der Waals surface area contributed by atoms with E-state index in [-0.39, 0.29) is 5.69 Å². The van der Waals surface area contributed by atoms with Crippen molar-refractivity contribution in [3.8, 4) is 11.4 Å². The van der Waals surface area contributed by atoms with Gasteiger partial charge < -0.3 is 9.47 Å². The first kappa shape index (κ1) is 17.9. The second kappa shape index (κ2) is 6.73. The standard InChI is InChI=1S/C20H20ClN7O/c1-25-16-6-4-3-5-15(16)23-19(25)13-11-18(22-12-14(13)21)27-8-7-17-24-26(2)20(29)28(17)10-9-27/h3-6,11-12H,7-10H2,1-2H3. The third kappa shape index (κ3) is 2.91. The maximum absolute atomic E-state index is 12.2. The van der Waals surface area contributed by atoms with Crippen molar-refractivity contribution in [2.75, 3.05) is 18.0 Å². The van der Waals surface area contributed by atoms with Crippen LogP contribution in [0, 0.1) is 0 Å². The lowest BCUT2D eigenvalue weighted by molar-refractivity contribution is 0.639. The fourth-order valence-corrected chi connectivity index (χ4v) is 4.11. The molecular formula is C20H20ClN7O. The van der Waals surface area contributed by atoms with Crippen molar-refractivity contribution in [3.05, 3.63) is 57.9 Å². The van der Waals surface area contributed by atoms with E-state index in [9.17, 15) is 4.79 Å². The number of pyridine rings is 1. The number of hydrogen-bond acceptors (Lipinski definition) is 5. The minimum absolute atomic E-state index is 0.0775. The molecule has 0 radical (unpaired) electrons. The van der Waals surface area contributed by atoms with Crippen molar-refractivity contribution >= 4 is 28.5 Å². The number of benzene rings is 1. The molecule has 0 bridgehead atoms. The summed E-state index contributed by atoms with van der Waals surface area (Å²) >= 11 is 6.50. The summed E-state index contributed by atoms with van der Waals surface area (Å²) in [6.07, 6.45) is 2.36. The second-order valence-electron chi connectivity index (χ2n) is 7.22. The fraction of sp³-hybridized carbons (Fsp3) is 0.300. The van der Waals surface area contributed by atoms with Crippen molar-refractivity contribution in [2.45, 2.75) is 13.0 Å². The quantitative estimate of drug-likeness (QED) is 0.507. The summed E-state index contributed by atoms with van der Waals surface area (Å²) in [5, 5.41) is 4.90. The van der Waals surface area contributed by atoms with Crippen LogP contribution in [0.1, 0.15) is 5.82 Å². The van der Waals surface area contributed by atoms with Gasteiger partial charge >= 0.3 is 5.69 Å². The van der Waals surface area contributed by atoms with Gasteiger partial charge in [0.15, 0.2) is 0 Å². The number of fused-ring (bicyclic) bond motifs is 2. The Morgan fingerprint density at radius 3 is 2.76 bits per heavy atom. The molecule has 0 saturated heterocycles. The molecule has 148 valence electrons. The molecule has 0 spiro atoms. The molecule has 1 aromatic carbocycles. The topological polar surface area (TPSA) is 73.8 Å². The molecule has 8 nitrogen and oxygen atoms in total. The van der Waals surface area contributed by atoms with Gasteiger partial charge in [-0.2, -0.15) is 5.10 Å². The molecule has 0 amide bonds. The molecular weight excluding hydrogens is 390 g/mol. The van der Waals surface area contributed by atoms with E-state index in [0.717, 1.165) is 40.6 Å².